The Balaban J connectivity index is 7.22. The first kappa shape index (κ1) is 36.4. The van der Waals surface area contributed by atoms with Crippen molar-refractivity contribution in [1.82, 2.24) is 28.0 Å². The molecule has 0 bridgehead atoms. The molecule has 0 rings (SSSR count). The van der Waals surface area contributed by atoms with Crippen LogP contribution in [0.4, 0.5) is 0 Å². The molecule has 37 heavy (non-hydrogen) atoms. The van der Waals surface area contributed by atoms with Crippen LogP contribution in [0.5, 0.6) is 0 Å². The summed E-state index contributed by atoms with van der Waals surface area (Å²) in [5, 5.41) is 8.90. The van der Waals surface area contributed by atoms with Crippen molar-refractivity contribution in [2.45, 2.75) is 13.8 Å². The predicted octanol–water partition coefficient (Wildman–Crippen LogP) is 2.08. The maximum absolute atomic E-state index is 13.0. The number of hydrogen-bond acceptors (Lipinski definition) is 6. The van der Waals surface area contributed by atoms with Gasteiger partial charge in [-0.1, -0.05) is 0 Å². The maximum atomic E-state index is 13.0. The summed E-state index contributed by atoms with van der Waals surface area (Å²) in [5.41, 5.74) is 0. The summed E-state index contributed by atoms with van der Waals surface area (Å²) < 4.78 is 22.8. The van der Waals surface area contributed by atoms with Gasteiger partial charge in [-0.25, -0.2) is 0 Å². The number of esters is 2. The molecule has 17 heteroatoms. The van der Waals surface area contributed by atoms with E-state index >= 15 is 0 Å². The van der Waals surface area contributed by atoms with Gasteiger partial charge in [0.1, 0.15) is 0 Å². The molecular weight excluding hydrogens is 707 g/mol. The fourth-order valence-electron chi connectivity index (χ4n) is 3.74. The monoisotopic (exact) mass is 754 g/mol. The molecule has 0 spiro atoms. The van der Waals surface area contributed by atoms with Crippen molar-refractivity contribution in [3.63, 3.8) is 0 Å². The predicted molar refractivity (Wildman–Crippen MR) is 149 cm³/mol. The molecule has 0 N–H and O–H groups in total. The zero-order valence-corrected chi connectivity index (χ0v) is 32.4. The van der Waals surface area contributed by atoms with Crippen LogP contribution >= 0.6 is 15.0 Å². The van der Waals surface area contributed by atoms with Crippen LogP contribution in [-0.2, 0) is 43.6 Å². The fourth-order valence-corrected chi connectivity index (χ4v) is 14.6. The first-order valence-corrected chi connectivity index (χ1v) is 20.5. The summed E-state index contributed by atoms with van der Waals surface area (Å²) in [7, 11) is 18.2. The van der Waals surface area contributed by atoms with E-state index in [1.165, 1.54) is 0 Å². The molecule has 212 valence electrons. The van der Waals surface area contributed by atoms with E-state index in [4.69, 9.17) is 9.47 Å². The van der Waals surface area contributed by atoms with Gasteiger partial charge < -0.3 is 0 Å². The Bertz CT molecular complexity index is 818. The molecule has 0 fully saturated rings. The summed E-state index contributed by atoms with van der Waals surface area (Å²) in [6, 6.07) is 0. The SMILES string of the molecule is CCOC(=O)/[C](=N\N=P(N(C)C)(N(C)C)N(C)C)[Hg]/[C](=N/N=P(N(C)C)(N(C)C)N(C)C)C(=O)OCC. The second-order valence-corrected chi connectivity index (χ2v) is 22.9. The average molecular weight is 753 g/mol. The van der Waals surface area contributed by atoms with Crippen molar-refractivity contribution >= 4 is 33.4 Å². The summed E-state index contributed by atoms with van der Waals surface area (Å²) >= 11 is -2.88. The van der Waals surface area contributed by atoms with Crippen LogP contribution in [0.25, 0.3) is 0 Å². The van der Waals surface area contributed by atoms with E-state index in [9.17, 15) is 9.59 Å². The average Bonchev–Trinajstić information content (AvgIpc) is 2.76. The molecule has 0 amide bonds. The summed E-state index contributed by atoms with van der Waals surface area (Å²) in [6.07, 6.45) is 0. The minimum atomic E-state index is -2.88. The van der Waals surface area contributed by atoms with Gasteiger partial charge in [-0.3, -0.25) is 0 Å². The fraction of sp³-hybridized carbons (Fsp3) is 0.800. The molecule has 0 aliphatic heterocycles. The first-order chi connectivity index (χ1) is 17.1. The molecule has 0 aliphatic rings. The van der Waals surface area contributed by atoms with Crippen LogP contribution in [0, 0.1) is 0 Å². The third-order valence-corrected chi connectivity index (χ3v) is 18.2. The Morgan fingerprint density at radius 1 is 0.568 bits per heavy atom. The van der Waals surface area contributed by atoms with Gasteiger partial charge in [-0.05, 0) is 0 Å². The molecule has 0 aromatic heterocycles. The second-order valence-electron chi connectivity index (χ2n) is 9.05. The molecule has 0 aromatic carbocycles. The van der Waals surface area contributed by atoms with E-state index in [-0.39, 0.29) is 19.7 Å². The Kier molecular flexibility index (Phi) is 16.3. The molecule has 0 saturated carbocycles. The van der Waals surface area contributed by atoms with Gasteiger partial charge in [0.25, 0.3) is 0 Å². The molecule has 0 aromatic rings. The molecule has 14 nitrogen and oxygen atoms in total. The van der Waals surface area contributed by atoms with Gasteiger partial charge in [0.15, 0.2) is 0 Å². The van der Waals surface area contributed by atoms with Crippen molar-refractivity contribution in [1.29, 1.82) is 0 Å². The zero-order chi connectivity index (χ0) is 29.1. The number of nitrogens with zero attached hydrogens (tertiary/aromatic N) is 10. The molecule has 0 heterocycles. The number of hydrogen-bond donors (Lipinski definition) is 0. The van der Waals surface area contributed by atoms with E-state index in [0.29, 0.717) is 0 Å². The summed E-state index contributed by atoms with van der Waals surface area (Å²) in [4.78, 5) is 35.3. The molecule has 0 saturated heterocycles. The molecule has 0 atom stereocenters. The summed E-state index contributed by atoms with van der Waals surface area (Å²) in [5.74, 6) is -1.18. The van der Waals surface area contributed by atoms with E-state index in [2.05, 4.69) is 19.9 Å². The number of ether oxygens (including phenoxy) is 2. The van der Waals surface area contributed by atoms with Crippen molar-refractivity contribution in [2.24, 2.45) is 19.9 Å². The van der Waals surface area contributed by atoms with Gasteiger partial charge in [-0.15, -0.1) is 0 Å². The normalized spacial score (nSPS) is 13.6. The van der Waals surface area contributed by atoms with Gasteiger partial charge in [-0.2, -0.15) is 0 Å². The number of carbonyl (C=O) groups excluding carboxylic acids is 2. The molecular formula is C20H46HgN10O4P2. The third-order valence-electron chi connectivity index (χ3n) is 5.15. The Morgan fingerprint density at radius 2 is 0.811 bits per heavy atom. The van der Waals surface area contributed by atoms with Gasteiger partial charge in [0.2, 0.25) is 0 Å². The van der Waals surface area contributed by atoms with Crippen LogP contribution in [0.2, 0.25) is 0 Å². The van der Waals surface area contributed by atoms with E-state index in [1.54, 1.807) is 13.8 Å². The molecule has 0 aliphatic carbocycles. The Hall–Kier alpha value is -0.565. The number of rotatable bonds is 14. The van der Waals surface area contributed by atoms with Crippen LogP contribution in [0.1, 0.15) is 13.8 Å². The van der Waals surface area contributed by atoms with Crippen molar-refractivity contribution in [3.05, 3.63) is 0 Å². The quantitative estimate of drug-likeness (QED) is 0.0858. The Labute approximate surface area is 235 Å². The minimum absolute atomic E-state index is 0.155. The number of carbonyl (C=O) groups is 2. The second kappa shape index (κ2) is 16.5. The van der Waals surface area contributed by atoms with Crippen LogP contribution < -0.4 is 0 Å². The van der Waals surface area contributed by atoms with Crippen LogP contribution in [-0.4, -0.2) is 144 Å². The van der Waals surface area contributed by atoms with Crippen molar-refractivity contribution in [3.8, 4) is 0 Å². The first-order valence-electron chi connectivity index (χ1n) is 11.8. The summed E-state index contributed by atoms with van der Waals surface area (Å²) in [6.45, 7) is 3.79. The van der Waals surface area contributed by atoms with Gasteiger partial charge in [0, 0.05) is 0 Å². The van der Waals surface area contributed by atoms with E-state index in [1.807, 2.05) is 113 Å². The third kappa shape index (κ3) is 9.25. The van der Waals surface area contributed by atoms with E-state index in [0.717, 1.165) is 0 Å². The zero-order valence-electron chi connectivity index (χ0n) is 25.1. The standard InChI is InChI=1S/2C10H23N5O2P.Hg/c2*1-8-17-10(16)9-11-12-18(13(2)3,14(4)5)15(6)7;/h2*8H2,1-7H3;. The molecule has 0 unspecified atom stereocenters. The Morgan fingerprint density at radius 3 is 1.00 bits per heavy atom. The van der Waals surface area contributed by atoms with Gasteiger partial charge in [0.05, 0.1) is 0 Å². The van der Waals surface area contributed by atoms with Crippen molar-refractivity contribution in [2.75, 3.05) is 97.8 Å². The van der Waals surface area contributed by atoms with E-state index < -0.39 is 51.5 Å². The molecule has 0 radical (unpaired) electrons. The van der Waals surface area contributed by atoms with Crippen LogP contribution in [0.3, 0.4) is 0 Å². The topological polar surface area (TPSA) is 121 Å². The van der Waals surface area contributed by atoms with Gasteiger partial charge >= 0.3 is 237 Å². The van der Waals surface area contributed by atoms with Crippen molar-refractivity contribution < 1.29 is 43.6 Å². The van der Waals surface area contributed by atoms with Crippen LogP contribution in [0.15, 0.2) is 19.9 Å².